The lowest BCUT2D eigenvalue weighted by Gasteiger charge is -2.11. The molecule has 5 rings (SSSR count). The maximum atomic E-state index is 14.9. The number of carbonyl (C=O) groups is 1. The number of halogens is 1. The van der Waals surface area contributed by atoms with Gasteiger partial charge in [0.05, 0.1) is 11.4 Å². The van der Waals surface area contributed by atoms with Crippen molar-refractivity contribution in [1.29, 1.82) is 0 Å². The maximum Gasteiger partial charge on any atom is 0.174 e. The summed E-state index contributed by atoms with van der Waals surface area (Å²) in [6.45, 7) is 1.84. The normalized spacial score (nSPS) is 14.9. The molecule has 3 heterocycles. The number of benzene rings is 2. The highest BCUT2D eigenvalue weighted by atomic mass is 19.1. The zero-order valence-corrected chi connectivity index (χ0v) is 19.2. The lowest BCUT2D eigenvalue weighted by Crippen LogP contribution is -2.08. The number of Topliss-reactive ketones (excluding diaryl/α,β-unsaturated/α-hetero) is 1. The molecule has 1 atom stereocenters. The van der Waals surface area contributed by atoms with Gasteiger partial charge in [0.1, 0.15) is 11.6 Å². The number of ketones is 1. The third-order valence-corrected chi connectivity index (χ3v) is 5.91. The SMILES string of the molecule is Cc1ccc(-c2cc(C(=O)CCc3ncccn3)cc(C3=NOC(c4ccccn4)C3)c2)c(F)c1. The molecule has 1 aliphatic rings. The molecule has 0 spiro atoms. The van der Waals surface area contributed by atoms with Crippen LogP contribution in [0.2, 0.25) is 0 Å². The van der Waals surface area contributed by atoms with Crippen LogP contribution in [0, 0.1) is 12.7 Å². The van der Waals surface area contributed by atoms with Crippen molar-refractivity contribution in [2.75, 3.05) is 0 Å². The Morgan fingerprint density at radius 2 is 1.77 bits per heavy atom. The molecule has 0 bridgehead atoms. The van der Waals surface area contributed by atoms with E-state index in [2.05, 4.69) is 20.1 Å². The van der Waals surface area contributed by atoms with E-state index in [0.29, 0.717) is 41.1 Å². The van der Waals surface area contributed by atoms with Crippen LogP contribution in [0.5, 0.6) is 0 Å². The van der Waals surface area contributed by atoms with Crippen molar-refractivity contribution in [3.05, 3.63) is 113 Å². The number of rotatable bonds is 7. The predicted octanol–water partition coefficient (Wildman–Crippen LogP) is 5.67. The summed E-state index contributed by atoms with van der Waals surface area (Å²) in [7, 11) is 0. The zero-order chi connectivity index (χ0) is 24.2. The summed E-state index contributed by atoms with van der Waals surface area (Å²) in [6, 6.07) is 17.8. The number of oxime groups is 1. The lowest BCUT2D eigenvalue weighted by molar-refractivity contribution is 0.0826. The first kappa shape index (κ1) is 22.5. The highest BCUT2D eigenvalue weighted by Gasteiger charge is 2.26. The smallest absolute Gasteiger partial charge is 0.174 e. The number of hydrogen-bond acceptors (Lipinski definition) is 6. The molecule has 4 aromatic rings. The minimum absolute atomic E-state index is 0.0751. The number of aryl methyl sites for hydroxylation is 2. The lowest BCUT2D eigenvalue weighted by atomic mass is 9.93. The molecule has 0 aliphatic carbocycles. The number of hydrogen-bond donors (Lipinski definition) is 0. The second kappa shape index (κ2) is 9.93. The van der Waals surface area contributed by atoms with E-state index >= 15 is 0 Å². The van der Waals surface area contributed by atoms with Gasteiger partial charge in [0, 0.05) is 54.5 Å². The first-order valence-electron chi connectivity index (χ1n) is 11.4. The third kappa shape index (κ3) is 5.14. The molecule has 2 aromatic carbocycles. The fourth-order valence-electron chi connectivity index (χ4n) is 4.07. The van der Waals surface area contributed by atoms with Crippen LogP contribution in [0.1, 0.15) is 51.9 Å². The van der Waals surface area contributed by atoms with Gasteiger partial charge in [-0.2, -0.15) is 0 Å². The Hall–Kier alpha value is -4.26. The number of nitrogens with zero attached hydrogens (tertiary/aromatic N) is 4. The Labute approximate surface area is 202 Å². The summed E-state index contributed by atoms with van der Waals surface area (Å²) < 4.78 is 14.9. The van der Waals surface area contributed by atoms with Crippen LogP contribution >= 0.6 is 0 Å². The van der Waals surface area contributed by atoms with Crippen LogP contribution in [0.3, 0.4) is 0 Å². The van der Waals surface area contributed by atoms with Crippen LogP contribution in [0.15, 0.2) is 84.4 Å². The highest BCUT2D eigenvalue weighted by Crippen LogP contribution is 2.32. The van der Waals surface area contributed by atoms with Gasteiger partial charge >= 0.3 is 0 Å². The molecule has 0 N–H and O–H groups in total. The van der Waals surface area contributed by atoms with Crippen LogP contribution < -0.4 is 0 Å². The summed E-state index contributed by atoms with van der Waals surface area (Å²) in [5.41, 5.74) is 4.55. The van der Waals surface area contributed by atoms with Crippen molar-refractivity contribution >= 4 is 11.5 Å². The van der Waals surface area contributed by atoms with Crippen molar-refractivity contribution in [1.82, 2.24) is 15.0 Å². The summed E-state index contributed by atoms with van der Waals surface area (Å²) in [5, 5.41) is 4.28. The van der Waals surface area contributed by atoms with E-state index in [1.165, 1.54) is 6.07 Å². The molecular formula is C28H23FN4O2. The van der Waals surface area contributed by atoms with Crippen LogP contribution in [-0.2, 0) is 11.3 Å². The van der Waals surface area contributed by atoms with Crippen LogP contribution in [-0.4, -0.2) is 26.4 Å². The molecule has 0 amide bonds. The summed E-state index contributed by atoms with van der Waals surface area (Å²) in [4.78, 5) is 31.6. The van der Waals surface area contributed by atoms with Crippen LogP contribution in [0.25, 0.3) is 11.1 Å². The van der Waals surface area contributed by atoms with Crippen molar-refractivity contribution < 1.29 is 14.0 Å². The Morgan fingerprint density at radius 3 is 2.54 bits per heavy atom. The molecule has 1 aliphatic heterocycles. The summed E-state index contributed by atoms with van der Waals surface area (Å²) in [6.07, 6.45) is 5.88. The van der Waals surface area contributed by atoms with Crippen molar-refractivity contribution in [3.8, 4) is 11.1 Å². The molecule has 0 fully saturated rings. The average molecular weight is 467 g/mol. The van der Waals surface area contributed by atoms with Crippen molar-refractivity contribution in [2.24, 2.45) is 5.16 Å². The topological polar surface area (TPSA) is 77.3 Å². The van der Waals surface area contributed by atoms with Crippen molar-refractivity contribution in [3.63, 3.8) is 0 Å². The standard InChI is InChI=1S/C28H23FN4O2/c1-18-6-7-22(23(29)13-18)19-14-20(25-17-27(35-33-25)24-5-2-3-10-30-24)16-21(15-19)26(34)8-9-28-31-11-4-12-32-28/h2-7,10-16,27H,8-9,17H2,1H3. The predicted molar refractivity (Wildman–Crippen MR) is 130 cm³/mol. The van der Waals surface area contributed by atoms with E-state index in [-0.39, 0.29) is 24.1 Å². The van der Waals surface area contributed by atoms with Gasteiger partial charge < -0.3 is 4.84 Å². The van der Waals surface area contributed by atoms with Gasteiger partial charge in [-0.25, -0.2) is 14.4 Å². The quantitative estimate of drug-likeness (QED) is 0.328. The number of pyridine rings is 1. The molecule has 7 heteroatoms. The molecule has 0 saturated heterocycles. The van der Waals surface area contributed by atoms with E-state index in [9.17, 15) is 9.18 Å². The second-order valence-electron chi connectivity index (χ2n) is 8.46. The minimum atomic E-state index is -0.339. The molecule has 6 nitrogen and oxygen atoms in total. The van der Waals surface area contributed by atoms with E-state index < -0.39 is 0 Å². The van der Waals surface area contributed by atoms with E-state index in [1.807, 2.05) is 37.3 Å². The van der Waals surface area contributed by atoms with Gasteiger partial charge in [-0.3, -0.25) is 9.78 Å². The Balaban J connectivity index is 1.47. The largest absolute Gasteiger partial charge is 0.385 e. The fourth-order valence-corrected chi connectivity index (χ4v) is 4.07. The molecule has 2 aromatic heterocycles. The van der Waals surface area contributed by atoms with E-state index in [4.69, 9.17) is 4.84 Å². The van der Waals surface area contributed by atoms with Gasteiger partial charge in [-0.05, 0) is 60.5 Å². The van der Waals surface area contributed by atoms with Gasteiger partial charge in [-0.1, -0.05) is 23.4 Å². The number of carbonyl (C=O) groups excluding carboxylic acids is 1. The van der Waals surface area contributed by atoms with Gasteiger partial charge in [0.25, 0.3) is 0 Å². The first-order valence-corrected chi connectivity index (χ1v) is 11.4. The van der Waals surface area contributed by atoms with Crippen LogP contribution in [0.4, 0.5) is 4.39 Å². The summed E-state index contributed by atoms with van der Waals surface area (Å²) >= 11 is 0. The monoisotopic (exact) mass is 466 g/mol. The van der Waals surface area contributed by atoms with Gasteiger partial charge in [0.2, 0.25) is 0 Å². The van der Waals surface area contributed by atoms with Crippen molar-refractivity contribution in [2.45, 2.75) is 32.3 Å². The zero-order valence-electron chi connectivity index (χ0n) is 19.2. The molecule has 174 valence electrons. The van der Waals surface area contributed by atoms with Gasteiger partial charge in [-0.15, -0.1) is 0 Å². The Morgan fingerprint density at radius 1 is 0.971 bits per heavy atom. The van der Waals surface area contributed by atoms with E-state index in [0.717, 1.165) is 16.8 Å². The highest BCUT2D eigenvalue weighted by molar-refractivity contribution is 6.05. The molecule has 35 heavy (non-hydrogen) atoms. The minimum Gasteiger partial charge on any atom is -0.385 e. The summed E-state index contributed by atoms with van der Waals surface area (Å²) in [5.74, 6) is 0.191. The molecule has 0 radical (unpaired) electrons. The average Bonchev–Trinajstić information content (AvgIpc) is 3.39. The maximum absolute atomic E-state index is 14.9. The number of aromatic nitrogens is 3. The van der Waals surface area contributed by atoms with E-state index in [1.54, 1.807) is 42.9 Å². The first-order chi connectivity index (χ1) is 17.1. The molecule has 1 unspecified atom stereocenters. The Bertz CT molecular complexity index is 1390. The Kier molecular flexibility index (Phi) is 6.39. The fraction of sp³-hybridized carbons (Fsp3) is 0.179. The molecular weight excluding hydrogens is 443 g/mol. The van der Waals surface area contributed by atoms with Gasteiger partial charge in [0.15, 0.2) is 11.9 Å². The molecule has 0 saturated carbocycles. The third-order valence-electron chi connectivity index (χ3n) is 5.91. The second-order valence-corrected chi connectivity index (χ2v) is 8.46.